The summed E-state index contributed by atoms with van der Waals surface area (Å²) < 4.78 is 28.8. The van der Waals surface area contributed by atoms with E-state index in [4.69, 9.17) is 0 Å². The van der Waals surface area contributed by atoms with E-state index in [9.17, 15) is 13.2 Å². The van der Waals surface area contributed by atoms with Crippen molar-refractivity contribution < 1.29 is 13.2 Å². The second-order valence-electron chi connectivity index (χ2n) is 7.26. The third-order valence-electron chi connectivity index (χ3n) is 5.59. The molecule has 0 aliphatic carbocycles. The van der Waals surface area contributed by atoms with E-state index < -0.39 is 16.1 Å². The standard InChI is InChI=1S/C20H22N2O3S/c1-12-8-9-13(2)18(10-12)26(24,25)22-16-7-5-4-6-15(16)14(3)19-17(22)11-21-20(19)23/h4-10,14,17,19H,11H2,1-3H3,(H,21,23)/t14-,17-,19+/m0/s1. The van der Waals surface area contributed by atoms with E-state index >= 15 is 0 Å². The van der Waals surface area contributed by atoms with E-state index in [1.165, 1.54) is 4.31 Å². The molecule has 5 nitrogen and oxygen atoms in total. The number of rotatable bonds is 2. The van der Waals surface area contributed by atoms with Crippen LogP contribution < -0.4 is 9.62 Å². The topological polar surface area (TPSA) is 66.5 Å². The fraction of sp³-hybridized carbons (Fsp3) is 0.350. The lowest BCUT2D eigenvalue weighted by molar-refractivity contribution is -0.123. The van der Waals surface area contributed by atoms with Gasteiger partial charge in [-0.25, -0.2) is 8.42 Å². The van der Waals surface area contributed by atoms with Crippen LogP contribution in [0.15, 0.2) is 47.4 Å². The second kappa shape index (κ2) is 5.84. The monoisotopic (exact) mass is 370 g/mol. The minimum Gasteiger partial charge on any atom is -0.354 e. The lowest BCUT2D eigenvalue weighted by Crippen LogP contribution is -2.50. The minimum absolute atomic E-state index is 0.0243. The van der Waals surface area contributed by atoms with Crippen LogP contribution >= 0.6 is 0 Å². The minimum atomic E-state index is -3.79. The van der Waals surface area contributed by atoms with Crippen LogP contribution in [0.3, 0.4) is 0 Å². The molecule has 0 spiro atoms. The molecule has 26 heavy (non-hydrogen) atoms. The number of benzene rings is 2. The average molecular weight is 370 g/mol. The van der Waals surface area contributed by atoms with Gasteiger partial charge in [0, 0.05) is 6.54 Å². The summed E-state index contributed by atoms with van der Waals surface area (Å²) in [4.78, 5) is 12.7. The van der Waals surface area contributed by atoms with Gasteiger partial charge in [0.25, 0.3) is 10.0 Å². The number of hydrogen-bond acceptors (Lipinski definition) is 3. The van der Waals surface area contributed by atoms with Gasteiger partial charge < -0.3 is 5.32 Å². The summed E-state index contributed by atoms with van der Waals surface area (Å²) in [6.45, 7) is 6.03. The molecule has 0 saturated carbocycles. The molecule has 1 saturated heterocycles. The van der Waals surface area contributed by atoms with Gasteiger partial charge in [0.15, 0.2) is 0 Å². The smallest absolute Gasteiger partial charge is 0.264 e. The summed E-state index contributed by atoms with van der Waals surface area (Å²) in [6.07, 6.45) is 0. The van der Waals surface area contributed by atoms with Crippen molar-refractivity contribution in [1.82, 2.24) is 5.32 Å². The largest absolute Gasteiger partial charge is 0.354 e. The molecule has 2 aromatic rings. The Labute approximate surface area is 154 Å². The zero-order chi connectivity index (χ0) is 18.6. The molecule has 0 aromatic heterocycles. The molecule has 2 heterocycles. The number of carbonyl (C=O) groups is 1. The van der Waals surface area contributed by atoms with E-state index in [0.717, 1.165) is 11.1 Å². The number of nitrogens with zero attached hydrogens (tertiary/aromatic N) is 1. The highest BCUT2D eigenvalue weighted by Gasteiger charge is 2.50. The number of nitrogens with one attached hydrogen (secondary N) is 1. The zero-order valence-corrected chi connectivity index (χ0v) is 15.9. The van der Waals surface area contributed by atoms with Crippen molar-refractivity contribution in [2.75, 3.05) is 10.8 Å². The van der Waals surface area contributed by atoms with Crippen LogP contribution in [-0.4, -0.2) is 26.9 Å². The summed E-state index contributed by atoms with van der Waals surface area (Å²) in [5.74, 6) is -0.466. The highest BCUT2D eigenvalue weighted by molar-refractivity contribution is 7.93. The summed E-state index contributed by atoms with van der Waals surface area (Å²) >= 11 is 0. The molecule has 136 valence electrons. The number of aryl methyl sites for hydroxylation is 2. The number of carbonyl (C=O) groups excluding carboxylic acids is 1. The van der Waals surface area contributed by atoms with Crippen molar-refractivity contribution in [2.45, 2.75) is 37.6 Å². The highest BCUT2D eigenvalue weighted by Crippen LogP contribution is 2.46. The molecule has 2 aromatic carbocycles. The van der Waals surface area contributed by atoms with Crippen LogP contribution in [0.2, 0.25) is 0 Å². The Morgan fingerprint density at radius 3 is 2.62 bits per heavy atom. The molecule has 0 radical (unpaired) electrons. The Kier molecular flexibility index (Phi) is 3.84. The first kappa shape index (κ1) is 17.1. The maximum Gasteiger partial charge on any atom is 0.264 e. The molecular formula is C20H22N2O3S. The Hall–Kier alpha value is -2.34. The molecule has 2 aliphatic rings. The summed E-state index contributed by atoms with van der Waals surface area (Å²) in [5.41, 5.74) is 3.18. The van der Waals surface area contributed by atoms with Crippen molar-refractivity contribution in [2.24, 2.45) is 5.92 Å². The van der Waals surface area contributed by atoms with Gasteiger partial charge in [0.2, 0.25) is 5.91 Å². The number of amides is 1. The van der Waals surface area contributed by atoms with E-state index in [0.29, 0.717) is 22.7 Å². The van der Waals surface area contributed by atoms with E-state index in [1.54, 1.807) is 13.0 Å². The Bertz CT molecular complexity index is 1000. The van der Waals surface area contributed by atoms with Crippen molar-refractivity contribution in [3.8, 4) is 0 Å². The number of para-hydroxylation sites is 1. The predicted octanol–water partition coefficient (Wildman–Crippen LogP) is 2.73. The van der Waals surface area contributed by atoms with Gasteiger partial charge >= 0.3 is 0 Å². The van der Waals surface area contributed by atoms with Gasteiger partial charge in [-0.2, -0.15) is 0 Å². The van der Waals surface area contributed by atoms with Gasteiger partial charge in [-0.3, -0.25) is 9.10 Å². The molecule has 6 heteroatoms. The quantitative estimate of drug-likeness (QED) is 0.884. The fourth-order valence-corrected chi connectivity index (χ4v) is 6.27. The number of sulfonamides is 1. The van der Waals surface area contributed by atoms with Gasteiger partial charge in [0.1, 0.15) is 0 Å². The Morgan fingerprint density at radius 2 is 1.85 bits per heavy atom. The average Bonchev–Trinajstić information content (AvgIpc) is 2.99. The van der Waals surface area contributed by atoms with Crippen molar-refractivity contribution in [3.05, 3.63) is 59.2 Å². The number of hydrogen-bond donors (Lipinski definition) is 1. The van der Waals surface area contributed by atoms with Crippen LogP contribution in [0.1, 0.15) is 29.5 Å². The second-order valence-corrected chi connectivity index (χ2v) is 9.04. The fourth-order valence-electron chi connectivity index (χ4n) is 4.26. The SMILES string of the molecule is Cc1ccc(C)c(S(=O)(=O)N2c3ccccc3[C@H](C)[C@H]3C(=O)NC[C@@H]32)c1. The molecule has 0 unspecified atom stereocenters. The van der Waals surface area contributed by atoms with E-state index in [2.05, 4.69) is 5.32 Å². The molecule has 1 fully saturated rings. The lowest BCUT2D eigenvalue weighted by Gasteiger charge is -2.41. The summed E-state index contributed by atoms with van der Waals surface area (Å²) in [6, 6.07) is 12.6. The molecule has 2 aliphatic heterocycles. The molecule has 1 amide bonds. The van der Waals surface area contributed by atoms with Crippen LogP contribution in [0.5, 0.6) is 0 Å². The van der Waals surface area contributed by atoms with Crippen LogP contribution in [0, 0.1) is 19.8 Å². The van der Waals surface area contributed by atoms with Crippen LogP contribution in [-0.2, 0) is 14.8 Å². The molecule has 4 rings (SSSR count). The molecule has 3 atom stereocenters. The van der Waals surface area contributed by atoms with E-state index in [-0.39, 0.29) is 17.7 Å². The first-order valence-electron chi connectivity index (χ1n) is 8.80. The number of fused-ring (bicyclic) bond motifs is 2. The normalized spacial score (nSPS) is 24.8. The van der Waals surface area contributed by atoms with Crippen molar-refractivity contribution >= 4 is 21.6 Å². The van der Waals surface area contributed by atoms with Crippen LogP contribution in [0.4, 0.5) is 5.69 Å². The zero-order valence-electron chi connectivity index (χ0n) is 15.1. The Morgan fingerprint density at radius 1 is 1.12 bits per heavy atom. The first-order valence-corrected chi connectivity index (χ1v) is 10.2. The molecule has 0 bridgehead atoms. The third kappa shape index (κ3) is 2.35. The Balaban J connectivity index is 1.95. The van der Waals surface area contributed by atoms with Gasteiger partial charge in [-0.15, -0.1) is 0 Å². The van der Waals surface area contributed by atoms with Gasteiger partial charge in [0.05, 0.1) is 22.5 Å². The first-order chi connectivity index (χ1) is 12.3. The number of anilines is 1. The third-order valence-corrected chi connectivity index (χ3v) is 7.57. The van der Waals surface area contributed by atoms with Gasteiger partial charge in [-0.05, 0) is 48.6 Å². The van der Waals surface area contributed by atoms with Gasteiger partial charge in [-0.1, -0.05) is 37.3 Å². The summed E-state index contributed by atoms with van der Waals surface area (Å²) in [5, 5.41) is 2.86. The predicted molar refractivity (Wildman–Crippen MR) is 101 cm³/mol. The molecule has 1 N–H and O–H groups in total. The molecular weight excluding hydrogens is 348 g/mol. The van der Waals surface area contributed by atoms with Crippen molar-refractivity contribution in [3.63, 3.8) is 0 Å². The van der Waals surface area contributed by atoms with E-state index in [1.807, 2.05) is 50.2 Å². The van der Waals surface area contributed by atoms with Crippen molar-refractivity contribution in [1.29, 1.82) is 0 Å². The summed E-state index contributed by atoms with van der Waals surface area (Å²) in [7, 11) is -3.79. The highest BCUT2D eigenvalue weighted by atomic mass is 32.2. The lowest BCUT2D eigenvalue weighted by atomic mass is 9.80. The maximum atomic E-state index is 13.7. The van der Waals surface area contributed by atoms with Crippen LogP contribution in [0.25, 0.3) is 0 Å². The maximum absolute atomic E-state index is 13.7.